The quantitative estimate of drug-likeness (QED) is 0.699. The number of aliphatic imine (C=N–C) groups is 1. The Labute approximate surface area is 151 Å². The van der Waals surface area contributed by atoms with E-state index in [1.165, 1.54) is 12.1 Å². The highest BCUT2D eigenvalue weighted by Gasteiger charge is 2.45. The molecule has 9 heteroatoms. The molecule has 0 aromatic heterocycles. The van der Waals surface area contributed by atoms with Crippen LogP contribution in [0.25, 0.3) is 0 Å². The Balaban J connectivity index is 1.59. The minimum atomic E-state index is -4.37. The van der Waals surface area contributed by atoms with Crippen molar-refractivity contribution < 1.29 is 18.0 Å². The molecule has 1 aromatic carbocycles. The Kier molecular flexibility index (Phi) is 3.98. The summed E-state index contributed by atoms with van der Waals surface area (Å²) < 4.78 is 38.0. The zero-order valence-electron chi connectivity index (χ0n) is 13.5. The van der Waals surface area contributed by atoms with Gasteiger partial charge in [-0.15, -0.1) is 11.8 Å². The van der Waals surface area contributed by atoms with Crippen molar-refractivity contribution in [2.75, 3.05) is 17.6 Å². The molecule has 5 nitrogen and oxygen atoms in total. The van der Waals surface area contributed by atoms with Crippen LogP contribution in [-0.4, -0.2) is 29.6 Å². The summed E-state index contributed by atoms with van der Waals surface area (Å²) in [4.78, 5) is 16.7. The third kappa shape index (κ3) is 2.96. The van der Waals surface area contributed by atoms with E-state index >= 15 is 0 Å². The molecule has 26 heavy (non-hydrogen) atoms. The van der Waals surface area contributed by atoms with Crippen LogP contribution in [0.15, 0.2) is 52.1 Å². The lowest BCUT2D eigenvalue weighted by molar-refractivity contribution is -0.137. The van der Waals surface area contributed by atoms with E-state index in [4.69, 9.17) is 4.99 Å². The number of Topliss-reactive ketones (excluding diaryl/α,β-unsaturated/α-hetero) is 1. The first-order valence-electron chi connectivity index (χ1n) is 7.95. The van der Waals surface area contributed by atoms with E-state index in [-0.39, 0.29) is 12.3 Å². The van der Waals surface area contributed by atoms with Crippen LogP contribution >= 0.6 is 11.8 Å². The molecule has 1 fully saturated rings. The number of benzene rings is 1. The lowest BCUT2D eigenvalue weighted by Crippen LogP contribution is -2.44. The van der Waals surface area contributed by atoms with Gasteiger partial charge in [-0.25, -0.2) is 4.99 Å². The molecule has 0 radical (unpaired) electrons. The molecular formula is C17H15F3N4OS. The van der Waals surface area contributed by atoms with E-state index in [2.05, 4.69) is 16.0 Å². The van der Waals surface area contributed by atoms with Gasteiger partial charge >= 0.3 is 6.18 Å². The van der Waals surface area contributed by atoms with Crippen molar-refractivity contribution in [3.8, 4) is 0 Å². The number of anilines is 1. The highest BCUT2D eigenvalue weighted by molar-refractivity contribution is 8.02. The molecule has 3 aliphatic heterocycles. The molecule has 1 aromatic rings. The number of carbonyl (C=O) groups is 1. The number of nitrogens with zero attached hydrogens (tertiary/aromatic N) is 1. The first-order chi connectivity index (χ1) is 12.4. The van der Waals surface area contributed by atoms with Gasteiger partial charge in [0.25, 0.3) is 0 Å². The number of guanidine groups is 1. The van der Waals surface area contributed by atoms with Gasteiger partial charge in [0.1, 0.15) is 5.54 Å². The van der Waals surface area contributed by atoms with Crippen molar-refractivity contribution in [3.63, 3.8) is 0 Å². The molecule has 0 bridgehead atoms. The van der Waals surface area contributed by atoms with Gasteiger partial charge in [-0.1, -0.05) is 0 Å². The Bertz CT molecular complexity index is 845. The second-order valence-corrected chi connectivity index (χ2v) is 7.10. The number of hydrogen-bond donors (Lipinski definition) is 3. The third-order valence-electron chi connectivity index (χ3n) is 4.49. The highest BCUT2D eigenvalue weighted by Crippen LogP contribution is 2.43. The summed E-state index contributed by atoms with van der Waals surface area (Å²) >= 11 is 1.62. The monoisotopic (exact) mass is 380 g/mol. The summed E-state index contributed by atoms with van der Waals surface area (Å²) in [5.41, 5.74) is 0.934. The number of halogens is 3. The van der Waals surface area contributed by atoms with Crippen LogP contribution < -0.4 is 16.0 Å². The number of hydrogen-bond acceptors (Lipinski definition) is 6. The number of rotatable bonds is 1. The van der Waals surface area contributed by atoms with Crippen LogP contribution in [0.4, 0.5) is 18.9 Å². The van der Waals surface area contributed by atoms with E-state index in [1.807, 2.05) is 5.41 Å². The second kappa shape index (κ2) is 6.08. The van der Waals surface area contributed by atoms with Crippen LogP contribution in [0, 0.1) is 0 Å². The molecule has 1 atom stereocenters. The van der Waals surface area contributed by atoms with Crippen LogP contribution in [0.3, 0.4) is 0 Å². The first-order valence-corrected chi connectivity index (χ1v) is 9.00. The molecule has 4 rings (SSSR count). The summed E-state index contributed by atoms with van der Waals surface area (Å²) in [6.45, 7) is 0.267. The van der Waals surface area contributed by atoms with Crippen LogP contribution in [0.2, 0.25) is 0 Å². The van der Waals surface area contributed by atoms with E-state index in [0.717, 1.165) is 23.4 Å². The summed E-state index contributed by atoms with van der Waals surface area (Å²) in [6.07, 6.45) is -2.28. The van der Waals surface area contributed by atoms with Gasteiger partial charge in [-0.05, 0) is 35.2 Å². The average molecular weight is 380 g/mol. The van der Waals surface area contributed by atoms with Crippen LogP contribution in [0.5, 0.6) is 0 Å². The fourth-order valence-electron chi connectivity index (χ4n) is 3.15. The minimum absolute atomic E-state index is 0.0899. The standard InChI is InChI=1S/C17H15F3N4OS/c18-17(19,20)10-1-3-12(4-2-10)23-15-22-6-11-5-13(25)7-21-14-8-26-9-16(11,14)24-15/h1-4,6,8,21H,5,7,9H2,(H2,22,23,24). The molecule has 0 aliphatic carbocycles. The molecular weight excluding hydrogens is 365 g/mol. The lowest BCUT2D eigenvalue weighted by atomic mass is 9.87. The van der Waals surface area contributed by atoms with Crippen LogP contribution in [0.1, 0.15) is 12.0 Å². The highest BCUT2D eigenvalue weighted by atomic mass is 32.2. The summed E-state index contributed by atoms with van der Waals surface area (Å²) in [6, 6.07) is 4.76. The maximum absolute atomic E-state index is 12.7. The maximum Gasteiger partial charge on any atom is 0.416 e. The fourth-order valence-corrected chi connectivity index (χ4v) is 4.32. The van der Waals surface area contributed by atoms with Crippen molar-refractivity contribution in [1.29, 1.82) is 0 Å². The molecule has 3 aliphatic rings. The van der Waals surface area contributed by atoms with Crippen molar-refractivity contribution in [1.82, 2.24) is 10.6 Å². The lowest BCUT2D eigenvalue weighted by Gasteiger charge is -2.33. The van der Waals surface area contributed by atoms with E-state index in [0.29, 0.717) is 23.8 Å². The maximum atomic E-state index is 12.7. The van der Waals surface area contributed by atoms with Crippen LogP contribution in [-0.2, 0) is 11.0 Å². The largest absolute Gasteiger partial charge is 0.416 e. The molecule has 3 N–H and O–H groups in total. The SMILES string of the molecule is O=C1CNC2=CSCC23N=C(Nc2ccc(C(F)(F)F)cc2)NC=C3C1. The topological polar surface area (TPSA) is 65.5 Å². The van der Waals surface area contributed by atoms with E-state index < -0.39 is 17.3 Å². The van der Waals surface area contributed by atoms with Gasteiger partial charge in [0.2, 0.25) is 5.96 Å². The van der Waals surface area contributed by atoms with Gasteiger partial charge in [-0.2, -0.15) is 13.2 Å². The molecule has 0 amide bonds. The van der Waals surface area contributed by atoms with Crippen molar-refractivity contribution >= 4 is 29.2 Å². The Hall–Kier alpha value is -2.42. The summed E-state index contributed by atoms with van der Waals surface area (Å²) in [5, 5.41) is 11.1. The normalized spacial score (nSPS) is 24.9. The third-order valence-corrected chi connectivity index (χ3v) is 5.48. The zero-order valence-corrected chi connectivity index (χ0v) is 14.3. The van der Waals surface area contributed by atoms with E-state index in [9.17, 15) is 18.0 Å². The van der Waals surface area contributed by atoms with Crippen molar-refractivity contribution in [2.24, 2.45) is 4.99 Å². The predicted molar refractivity (Wildman–Crippen MR) is 94.6 cm³/mol. The molecule has 3 heterocycles. The summed E-state index contributed by atoms with van der Waals surface area (Å²) in [5.74, 6) is 1.19. The Morgan fingerprint density at radius 3 is 2.73 bits per heavy atom. The van der Waals surface area contributed by atoms with E-state index in [1.54, 1.807) is 18.0 Å². The van der Waals surface area contributed by atoms with Gasteiger partial charge in [-0.3, -0.25) is 4.79 Å². The van der Waals surface area contributed by atoms with Gasteiger partial charge in [0.05, 0.1) is 17.8 Å². The molecule has 1 unspecified atom stereocenters. The van der Waals surface area contributed by atoms with Gasteiger partial charge in [0.15, 0.2) is 5.78 Å². The number of alkyl halides is 3. The van der Waals surface area contributed by atoms with Crippen molar-refractivity contribution in [2.45, 2.75) is 18.1 Å². The van der Waals surface area contributed by atoms with Gasteiger partial charge < -0.3 is 16.0 Å². The first kappa shape index (κ1) is 17.0. The smallest absolute Gasteiger partial charge is 0.379 e. The average Bonchev–Trinajstić information content (AvgIpc) is 2.92. The molecule has 0 saturated carbocycles. The zero-order chi connectivity index (χ0) is 18.4. The molecule has 1 spiro atoms. The fraction of sp³-hybridized carbons (Fsp3) is 0.294. The number of ketones is 1. The van der Waals surface area contributed by atoms with Crippen molar-refractivity contribution in [3.05, 3.63) is 52.7 Å². The predicted octanol–water partition coefficient (Wildman–Crippen LogP) is 2.85. The molecule has 136 valence electrons. The number of thioether (sulfide) groups is 1. The second-order valence-electron chi connectivity index (χ2n) is 6.25. The Morgan fingerprint density at radius 1 is 1.23 bits per heavy atom. The number of nitrogens with one attached hydrogen (secondary N) is 3. The number of carbonyl (C=O) groups excluding carboxylic acids is 1. The molecule has 1 saturated heterocycles. The Morgan fingerprint density at radius 2 is 2.00 bits per heavy atom. The summed E-state index contributed by atoms with van der Waals surface area (Å²) in [7, 11) is 0. The van der Waals surface area contributed by atoms with Gasteiger partial charge in [0, 0.05) is 24.1 Å². The minimum Gasteiger partial charge on any atom is -0.379 e.